The lowest BCUT2D eigenvalue weighted by atomic mass is 9.79. The fourth-order valence-corrected chi connectivity index (χ4v) is 5.70. The standard InChI is InChI=1S/C26H30N2O2S/c1-6-28-22-12-11-20(13-21(22)18(3)15-26(28,4)5)14-23-24(29)27(25(30)31-23)16-19-9-7-17(2)8-10-19/h7-14,18H,6,15-16H2,1-5H3/b23-14-/t18-/m0/s1. The molecule has 2 amide bonds. The average Bonchev–Trinajstić information content (AvgIpc) is 2.97. The summed E-state index contributed by atoms with van der Waals surface area (Å²) in [5, 5.41) is -0.206. The first kappa shape index (κ1) is 21.7. The van der Waals surface area contributed by atoms with Crippen LogP contribution < -0.4 is 4.90 Å². The molecule has 1 saturated heterocycles. The summed E-state index contributed by atoms with van der Waals surface area (Å²) in [5.41, 5.74) is 5.80. The van der Waals surface area contributed by atoms with Gasteiger partial charge in [-0.15, -0.1) is 0 Å². The van der Waals surface area contributed by atoms with Crippen LogP contribution in [-0.2, 0) is 11.3 Å². The maximum atomic E-state index is 12.9. The highest BCUT2D eigenvalue weighted by Crippen LogP contribution is 2.44. The largest absolute Gasteiger partial charge is 0.366 e. The summed E-state index contributed by atoms with van der Waals surface area (Å²) in [5.74, 6) is 0.232. The first-order valence-electron chi connectivity index (χ1n) is 10.9. The summed E-state index contributed by atoms with van der Waals surface area (Å²) < 4.78 is 0. The molecule has 0 N–H and O–H groups in total. The Labute approximate surface area is 189 Å². The minimum absolute atomic E-state index is 0.126. The van der Waals surface area contributed by atoms with E-state index in [1.54, 1.807) is 0 Å². The molecule has 2 aromatic carbocycles. The number of rotatable bonds is 4. The molecule has 0 bridgehead atoms. The molecular weight excluding hydrogens is 404 g/mol. The van der Waals surface area contributed by atoms with Gasteiger partial charge >= 0.3 is 0 Å². The number of carbonyl (C=O) groups excluding carboxylic acids is 2. The molecule has 2 heterocycles. The second kappa shape index (κ2) is 8.19. The van der Waals surface area contributed by atoms with Crippen LogP contribution >= 0.6 is 11.8 Å². The molecule has 31 heavy (non-hydrogen) atoms. The summed E-state index contributed by atoms with van der Waals surface area (Å²) in [6.07, 6.45) is 2.95. The van der Waals surface area contributed by atoms with Crippen LogP contribution in [0.4, 0.5) is 10.5 Å². The molecule has 5 heteroatoms. The van der Waals surface area contributed by atoms with Gasteiger partial charge in [0.25, 0.3) is 11.1 Å². The quantitative estimate of drug-likeness (QED) is 0.526. The molecule has 4 nitrogen and oxygen atoms in total. The molecule has 0 aliphatic carbocycles. The van der Waals surface area contributed by atoms with Crippen molar-refractivity contribution in [2.45, 2.75) is 59.0 Å². The van der Waals surface area contributed by atoms with Crippen LogP contribution in [0, 0.1) is 6.92 Å². The predicted octanol–water partition coefficient (Wildman–Crippen LogP) is 6.34. The molecule has 0 spiro atoms. The number of amides is 2. The topological polar surface area (TPSA) is 40.6 Å². The zero-order valence-corrected chi connectivity index (χ0v) is 19.8. The lowest BCUT2D eigenvalue weighted by Gasteiger charge is -2.47. The van der Waals surface area contributed by atoms with E-state index in [4.69, 9.17) is 0 Å². The number of fused-ring (bicyclic) bond motifs is 1. The van der Waals surface area contributed by atoms with Crippen molar-refractivity contribution >= 4 is 34.7 Å². The van der Waals surface area contributed by atoms with Crippen molar-refractivity contribution < 1.29 is 9.59 Å². The van der Waals surface area contributed by atoms with Gasteiger partial charge in [0, 0.05) is 17.8 Å². The Hall–Kier alpha value is -2.53. The van der Waals surface area contributed by atoms with Gasteiger partial charge in [0.2, 0.25) is 0 Å². The number of hydrogen-bond acceptors (Lipinski definition) is 4. The molecule has 2 aromatic rings. The highest BCUT2D eigenvalue weighted by atomic mass is 32.2. The Kier molecular flexibility index (Phi) is 5.73. The van der Waals surface area contributed by atoms with E-state index in [0.29, 0.717) is 17.4 Å². The highest BCUT2D eigenvalue weighted by Gasteiger charge is 2.37. The number of carbonyl (C=O) groups is 2. The smallest absolute Gasteiger partial charge is 0.293 e. The van der Waals surface area contributed by atoms with E-state index in [9.17, 15) is 9.59 Å². The number of anilines is 1. The first-order valence-corrected chi connectivity index (χ1v) is 11.7. The van der Waals surface area contributed by atoms with Crippen LogP contribution in [0.15, 0.2) is 47.4 Å². The number of thioether (sulfide) groups is 1. The Bertz CT molecular complexity index is 1060. The maximum absolute atomic E-state index is 12.9. The van der Waals surface area contributed by atoms with Crippen LogP contribution in [-0.4, -0.2) is 28.1 Å². The van der Waals surface area contributed by atoms with Crippen LogP contribution in [0.25, 0.3) is 6.08 Å². The van der Waals surface area contributed by atoms with Gasteiger partial charge in [-0.3, -0.25) is 14.5 Å². The van der Waals surface area contributed by atoms with E-state index in [-0.39, 0.29) is 16.7 Å². The fraction of sp³-hybridized carbons (Fsp3) is 0.385. The molecule has 0 unspecified atom stereocenters. The van der Waals surface area contributed by atoms with Gasteiger partial charge in [-0.25, -0.2) is 0 Å². The van der Waals surface area contributed by atoms with Crippen molar-refractivity contribution in [3.63, 3.8) is 0 Å². The molecular formula is C26H30N2O2S. The Morgan fingerprint density at radius 2 is 1.84 bits per heavy atom. The van der Waals surface area contributed by atoms with Crippen LogP contribution in [0.3, 0.4) is 0 Å². The van der Waals surface area contributed by atoms with E-state index in [2.05, 4.69) is 50.8 Å². The van der Waals surface area contributed by atoms with Crippen LogP contribution in [0.5, 0.6) is 0 Å². The van der Waals surface area contributed by atoms with E-state index < -0.39 is 0 Å². The van der Waals surface area contributed by atoms with Crippen molar-refractivity contribution in [1.29, 1.82) is 0 Å². The zero-order valence-electron chi connectivity index (χ0n) is 18.9. The highest BCUT2D eigenvalue weighted by molar-refractivity contribution is 8.18. The SMILES string of the molecule is CCN1c2ccc(/C=C3\SC(=O)N(Cc4ccc(C)cc4)C3=O)cc2[C@@H](C)CC1(C)C. The lowest BCUT2D eigenvalue weighted by molar-refractivity contribution is -0.123. The molecule has 2 aliphatic heterocycles. The maximum Gasteiger partial charge on any atom is 0.293 e. The molecule has 0 radical (unpaired) electrons. The zero-order chi connectivity index (χ0) is 22.3. The third-order valence-corrected chi connectivity index (χ3v) is 7.27. The molecule has 0 aromatic heterocycles. The van der Waals surface area contributed by atoms with E-state index in [0.717, 1.165) is 41.4 Å². The lowest BCUT2D eigenvalue weighted by Crippen LogP contribution is -2.48. The number of benzene rings is 2. The van der Waals surface area contributed by atoms with Crippen molar-refractivity contribution in [2.24, 2.45) is 0 Å². The molecule has 0 saturated carbocycles. The van der Waals surface area contributed by atoms with Gasteiger partial charge in [0.05, 0.1) is 11.4 Å². The van der Waals surface area contributed by atoms with Crippen molar-refractivity contribution in [3.8, 4) is 0 Å². The Balaban J connectivity index is 1.59. The van der Waals surface area contributed by atoms with Gasteiger partial charge in [-0.05, 0) is 86.7 Å². The van der Waals surface area contributed by atoms with Gasteiger partial charge in [-0.1, -0.05) is 42.8 Å². The summed E-state index contributed by atoms with van der Waals surface area (Å²) in [7, 11) is 0. The monoisotopic (exact) mass is 434 g/mol. The minimum atomic E-state index is -0.210. The first-order chi connectivity index (χ1) is 14.7. The Morgan fingerprint density at radius 3 is 2.52 bits per heavy atom. The summed E-state index contributed by atoms with van der Waals surface area (Å²) in [6, 6.07) is 14.3. The van der Waals surface area contributed by atoms with E-state index in [1.165, 1.54) is 16.2 Å². The summed E-state index contributed by atoms with van der Waals surface area (Å²) in [6.45, 7) is 12.4. The molecule has 2 aliphatic rings. The predicted molar refractivity (Wildman–Crippen MR) is 129 cm³/mol. The molecule has 162 valence electrons. The summed E-state index contributed by atoms with van der Waals surface area (Å²) in [4.78, 5) is 29.7. The molecule has 1 fully saturated rings. The number of nitrogens with zero attached hydrogens (tertiary/aromatic N) is 2. The average molecular weight is 435 g/mol. The molecule has 4 rings (SSSR count). The molecule has 1 atom stereocenters. The number of aryl methyl sites for hydroxylation is 1. The third-order valence-electron chi connectivity index (χ3n) is 6.36. The minimum Gasteiger partial charge on any atom is -0.366 e. The summed E-state index contributed by atoms with van der Waals surface area (Å²) >= 11 is 1.03. The second-order valence-corrected chi connectivity index (χ2v) is 10.2. The Morgan fingerprint density at radius 1 is 1.13 bits per heavy atom. The fourth-order valence-electron chi connectivity index (χ4n) is 4.86. The normalized spacial score (nSPS) is 21.7. The van der Waals surface area contributed by atoms with Gasteiger partial charge in [-0.2, -0.15) is 0 Å². The van der Waals surface area contributed by atoms with Crippen LogP contribution in [0.2, 0.25) is 0 Å². The third kappa shape index (κ3) is 4.16. The van der Waals surface area contributed by atoms with Crippen LogP contribution in [0.1, 0.15) is 62.3 Å². The number of imide groups is 1. The van der Waals surface area contributed by atoms with Gasteiger partial charge in [0.1, 0.15) is 0 Å². The van der Waals surface area contributed by atoms with Crippen molar-refractivity contribution in [1.82, 2.24) is 4.90 Å². The second-order valence-electron chi connectivity index (χ2n) is 9.23. The van der Waals surface area contributed by atoms with E-state index >= 15 is 0 Å². The van der Waals surface area contributed by atoms with E-state index in [1.807, 2.05) is 37.3 Å². The van der Waals surface area contributed by atoms with Crippen molar-refractivity contribution in [2.75, 3.05) is 11.4 Å². The van der Waals surface area contributed by atoms with Gasteiger partial charge < -0.3 is 4.90 Å². The van der Waals surface area contributed by atoms with Gasteiger partial charge in [0.15, 0.2) is 0 Å². The van der Waals surface area contributed by atoms with Crippen molar-refractivity contribution in [3.05, 3.63) is 69.6 Å². The number of hydrogen-bond donors (Lipinski definition) is 0.